The SMILES string of the molecule is [Se-][P+]1(c2ccccc2)N=C(N2CCOCC2)[Se]P1c1ccccc1. The second-order valence-electron chi connectivity index (χ2n) is 5.56. The first-order valence-corrected chi connectivity index (χ1v) is 17.0. The predicted octanol–water partition coefficient (Wildman–Crippen LogP) is 2.37. The van der Waals surface area contributed by atoms with Gasteiger partial charge in [-0.3, -0.25) is 0 Å². The van der Waals surface area contributed by atoms with Crippen molar-refractivity contribution in [3.63, 3.8) is 0 Å². The molecule has 7 heteroatoms. The van der Waals surface area contributed by atoms with Crippen molar-refractivity contribution in [2.75, 3.05) is 26.3 Å². The number of benzene rings is 2. The average Bonchev–Trinajstić information content (AvgIpc) is 3.03. The molecule has 2 aromatic carbocycles. The van der Waals surface area contributed by atoms with Crippen molar-refractivity contribution in [3.05, 3.63) is 60.7 Å². The van der Waals surface area contributed by atoms with E-state index in [0.29, 0.717) is 14.5 Å². The molecule has 2 aliphatic heterocycles. The Balaban J connectivity index is 1.74. The summed E-state index contributed by atoms with van der Waals surface area (Å²) in [5.41, 5.74) is 0. The van der Waals surface area contributed by atoms with Crippen LogP contribution in [0.15, 0.2) is 65.4 Å². The van der Waals surface area contributed by atoms with Crippen molar-refractivity contribution in [3.8, 4) is 0 Å². The molecule has 4 rings (SSSR count). The van der Waals surface area contributed by atoms with Crippen LogP contribution in [0.4, 0.5) is 0 Å². The van der Waals surface area contributed by atoms with Crippen LogP contribution in [0.2, 0.25) is 0 Å². The zero-order valence-electron chi connectivity index (χ0n) is 13.1. The van der Waals surface area contributed by atoms with Gasteiger partial charge in [-0.15, -0.1) is 0 Å². The van der Waals surface area contributed by atoms with E-state index in [1.165, 1.54) is 15.3 Å². The average molecular weight is 486 g/mol. The minimum atomic E-state index is -1.65. The molecule has 0 aliphatic carbocycles. The van der Waals surface area contributed by atoms with Crippen LogP contribution in [0.1, 0.15) is 0 Å². The maximum absolute atomic E-state index is 5.52. The Morgan fingerprint density at radius 3 is 2.29 bits per heavy atom. The summed E-state index contributed by atoms with van der Waals surface area (Å²) in [6, 6.07) is 21.9. The Kier molecular flexibility index (Phi) is 5.42. The van der Waals surface area contributed by atoms with Gasteiger partial charge in [0.05, 0.1) is 0 Å². The van der Waals surface area contributed by atoms with Crippen LogP contribution in [0.3, 0.4) is 0 Å². The summed E-state index contributed by atoms with van der Waals surface area (Å²) in [7, 11) is 0. The van der Waals surface area contributed by atoms with E-state index in [9.17, 15) is 0 Å². The number of morpholine rings is 1. The summed E-state index contributed by atoms with van der Waals surface area (Å²) in [6.45, 7) is 3.60. The molecule has 0 bridgehead atoms. The van der Waals surface area contributed by atoms with Gasteiger partial charge in [0.1, 0.15) is 0 Å². The summed E-state index contributed by atoms with van der Waals surface area (Å²) < 4.78 is 12.2. The Bertz CT molecular complexity index is 726. The molecule has 0 spiro atoms. The Morgan fingerprint density at radius 1 is 1.00 bits per heavy atom. The molecule has 2 atom stereocenters. The van der Waals surface area contributed by atoms with E-state index in [2.05, 4.69) is 81.1 Å². The fraction of sp³-hybridized carbons (Fsp3) is 0.235. The quantitative estimate of drug-likeness (QED) is 0.482. The van der Waals surface area contributed by atoms with E-state index in [0.717, 1.165) is 26.3 Å². The fourth-order valence-corrected chi connectivity index (χ4v) is 26.8. The van der Waals surface area contributed by atoms with Crippen molar-refractivity contribution in [1.82, 2.24) is 4.90 Å². The molecule has 1 fully saturated rings. The van der Waals surface area contributed by atoms with Gasteiger partial charge in [-0.25, -0.2) is 0 Å². The molecule has 0 N–H and O–H groups in total. The molecule has 0 amide bonds. The number of hydrogen-bond donors (Lipinski definition) is 0. The van der Waals surface area contributed by atoms with Crippen molar-refractivity contribution in [1.29, 1.82) is 0 Å². The van der Waals surface area contributed by atoms with Crippen LogP contribution >= 0.6 is 12.1 Å². The van der Waals surface area contributed by atoms with Crippen molar-refractivity contribution in [2.45, 2.75) is 0 Å². The predicted molar refractivity (Wildman–Crippen MR) is 107 cm³/mol. The number of rotatable bonds is 2. The summed E-state index contributed by atoms with van der Waals surface area (Å²) in [5.74, 6) is -1.65. The molecular weight excluding hydrogens is 468 g/mol. The summed E-state index contributed by atoms with van der Waals surface area (Å²) in [5, 5.41) is 2.88. The van der Waals surface area contributed by atoms with Gasteiger partial charge in [0.15, 0.2) is 0 Å². The molecule has 24 heavy (non-hydrogen) atoms. The Hall–Kier alpha value is -0.231. The van der Waals surface area contributed by atoms with Gasteiger partial charge in [-0.1, -0.05) is 0 Å². The van der Waals surface area contributed by atoms with Crippen LogP contribution in [0.25, 0.3) is 0 Å². The molecule has 2 unspecified atom stereocenters. The van der Waals surface area contributed by atoms with Crippen molar-refractivity contribution >= 4 is 57.5 Å². The molecule has 2 aromatic rings. The molecule has 124 valence electrons. The van der Waals surface area contributed by atoms with Gasteiger partial charge < -0.3 is 0 Å². The molecule has 2 heterocycles. The van der Waals surface area contributed by atoms with Crippen LogP contribution in [0, 0.1) is 0 Å². The minimum absolute atomic E-state index is 0.294. The van der Waals surface area contributed by atoms with Crippen LogP contribution in [-0.4, -0.2) is 66.0 Å². The molecule has 0 aromatic heterocycles. The van der Waals surface area contributed by atoms with Gasteiger partial charge in [-0.05, 0) is 0 Å². The molecule has 2 aliphatic rings. The normalized spacial score (nSPS) is 27.1. The summed E-state index contributed by atoms with van der Waals surface area (Å²) in [6.07, 6.45) is -0.294. The van der Waals surface area contributed by atoms with Crippen LogP contribution in [-0.2, 0) is 4.74 Å². The number of amidine groups is 1. The summed E-state index contributed by atoms with van der Waals surface area (Å²) in [4.78, 5) is 2.46. The maximum atomic E-state index is 5.52. The zero-order chi connectivity index (χ0) is 16.4. The first-order valence-electron chi connectivity index (χ1n) is 7.89. The van der Waals surface area contributed by atoms with E-state index in [-0.39, 0.29) is 6.30 Å². The Morgan fingerprint density at radius 2 is 1.62 bits per heavy atom. The standard InChI is InChI=1S/C17H18N2OP2Se2/c23-22(16-9-5-2-6-10-16)18-17(19-11-13-20-14-12-19)24-21(22)15-7-3-1-4-8-15/h1-10H,11-14H2. The van der Waals surface area contributed by atoms with Crippen LogP contribution < -0.4 is 10.6 Å². The zero-order valence-corrected chi connectivity index (χ0v) is 18.3. The first kappa shape index (κ1) is 17.2. The van der Waals surface area contributed by atoms with Gasteiger partial charge in [0, 0.05) is 0 Å². The first-order chi connectivity index (χ1) is 11.8. The fourth-order valence-electron chi connectivity index (χ4n) is 2.73. The molecule has 1 saturated heterocycles. The van der Waals surface area contributed by atoms with Gasteiger partial charge in [0.25, 0.3) is 0 Å². The second kappa shape index (κ2) is 7.56. The molecular formula is C17H18N2OP2Se2. The Labute approximate surface area is 158 Å². The number of hydrogen-bond acceptors (Lipinski definition) is 3. The van der Waals surface area contributed by atoms with Crippen molar-refractivity contribution < 1.29 is 4.74 Å². The van der Waals surface area contributed by atoms with Gasteiger partial charge in [-0.2, -0.15) is 0 Å². The molecule has 3 nitrogen and oxygen atoms in total. The molecule has 0 radical (unpaired) electrons. The van der Waals surface area contributed by atoms with E-state index in [1.807, 2.05) is 0 Å². The van der Waals surface area contributed by atoms with Gasteiger partial charge >= 0.3 is 159 Å². The summed E-state index contributed by atoms with van der Waals surface area (Å²) >= 11 is 4.00. The third-order valence-electron chi connectivity index (χ3n) is 3.99. The van der Waals surface area contributed by atoms with E-state index >= 15 is 0 Å². The van der Waals surface area contributed by atoms with Gasteiger partial charge in [0.2, 0.25) is 0 Å². The van der Waals surface area contributed by atoms with E-state index in [1.54, 1.807) is 0 Å². The number of ether oxygens (including phenoxy) is 1. The number of nitrogens with zero attached hydrogens (tertiary/aromatic N) is 2. The molecule has 0 saturated carbocycles. The van der Waals surface area contributed by atoms with E-state index < -0.39 is 5.79 Å². The third kappa shape index (κ3) is 3.37. The second-order valence-corrected chi connectivity index (χ2v) is 22.7. The van der Waals surface area contributed by atoms with E-state index in [4.69, 9.17) is 9.50 Å². The topological polar surface area (TPSA) is 24.8 Å². The third-order valence-corrected chi connectivity index (χ3v) is 30.0. The van der Waals surface area contributed by atoms with Crippen LogP contribution in [0.5, 0.6) is 0 Å². The monoisotopic (exact) mass is 488 g/mol. The van der Waals surface area contributed by atoms with Crippen molar-refractivity contribution in [2.24, 2.45) is 4.76 Å².